The van der Waals surface area contributed by atoms with Crippen LogP contribution in [0.2, 0.25) is 0 Å². The monoisotopic (exact) mass is 234 g/mol. The summed E-state index contributed by atoms with van der Waals surface area (Å²) in [7, 11) is 0. The maximum absolute atomic E-state index is 11.9. The smallest absolute Gasteiger partial charge is 0.241 e. The van der Waals surface area contributed by atoms with E-state index in [0.717, 1.165) is 17.7 Å². The first-order chi connectivity index (χ1) is 7.97. The zero-order valence-corrected chi connectivity index (χ0v) is 11.1. The maximum Gasteiger partial charge on any atom is 0.241 e. The number of rotatable bonds is 4. The Morgan fingerprint density at radius 1 is 1.41 bits per heavy atom. The van der Waals surface area contributed by atoms with Gasteiger partial charge in [-0.3, -0.25) is 4.79 Å². The predicted molar refractivity (Wildman–Crippen MR) is 72.0 cm³/mol. The first-order valence-corrected chi connectivity index (χ1v) is 6.10. The Morgan fingerprint density at radius 3 is 2.65 bits per heavy atom. The van der Waals surface area contributed by atoms with E-state index in [9.17, 15) is 4.79 Å². The molecule has 1 aromatic carbocycles. The summed E-state index contributed by atoms with van der Waals surface area (Å²) in [5.41, 5.74) is 9.01. The quantitative estimate of drug-likeness (QED) is 0.841. The summed E-state index contributed by atoms with van der Waals surface area (Å²) in [5.74, 6) is 0.0909. The van der Waals surface area contributed by atoms with Crippen molar-refractivity contribution in [2.75, 3.05) is 5.32 Å². The van der Waals surface area contributed by atoms with E-state index in [1.54, 1.807) is 0 Å². The third-order valence-electron chi connectivity index (χ3n) is 3.42. The van der Waals surface area contributed by atoms with Gasteiger partial charge in [-0.2, -0.15) is 0 Å². The molecule has 0 heterocycles. The topological polar surface area (TPSA) is 55.1 Å². The highest BCUT2D eigenvalue weighted by Crippen LogP contribution is 2.18. The van der Waals surface area contributed by atoms with Crippen LogP contribution < -0.4 is 11.1 Å². The number of aryl methyl sites for hydroxylation is 1. The number of hydrogen-bond donors (Lipinski definition) is 2. The van der Waals surface area contributed by atoms with Crippen LogP contribution in [0.1, 0.15) is 31.4 Å². The van der Waals surface area contributed by atoms with Crippen LogP contribution in [-0.2, 0) is 4.79 Å². The molecular formula is C14H22N2O. The predicted octanol–water partition coefficient (Wildman–Crippen LogP) is 2.62. The van der Waals surface area contributed by atoms with Gasteiger partial charge in [0.25, 0.3) is 0 Å². The Bertz CT molecular complexity index is 401. The van der Waals surface area contributed by atoms with Crippen LogP contribution in [0.3, 0.4) is 0 Å². The van der Waals surface area contributed by atoms with E-state index in [1.807, 2.05) is 45.9 Å². The second-order valence-electron chi connectivity index (χ2n) is 4.65. The SMILES string of the molecule is CCC(C)[C@H](N)C(=O)Nc1cccc(C)c1C. The fraction of sp³-hybridized carbons (Fsp3) is 0.500. The molecule has 0 aromatic heterocycles. The lowest BCUT2D eigenvalue weighted by molar-refractivity contribution is -0.118. The third-order valence-corrected chi connectivity index (χ3v) is 3.42. The molecule has 17 heavy (non-hydrogen) atoms. The number of hydrogen-bond acceptors (Lipinski definition) is 2. The van der Waals surface area contributed by atoms with Crippen molar-refractivity contribution in [3.63, 3.8) is 0 Å². The van der Waals surface area contributed by atoms with Gasteiger partial charge < -0.3 is 11.1 Å². The van der Waals surface area contributed by atoms with Gasteiger partial charge in [0.15, 0.2) is 0 Å². The lowest BCUT2D eigenvalue weighted by atomic mass is 9.99. The van der Waals surface area contributed by atoms with Gasteiger partial charge in [0, 0.05) is 5.69 Å². The lowest BCUT2D eigenvalue weighted by Crippen LogP contribution is -2.40. The summed E-state index contributed by atoms with van der Waals surface area (Å²) >= 11 is 0. The number of carbonyl (C=O) groups is 1. The molecule has 94 valence electrons. The molecule has 3 heteroatoms. The van der Waals surface area contributed by atoms with Crippen molar-refractivity contribution in [2.45, 2.75) is 40.2 Å². The summed E-state index contributed by atoms with van der Waals surface area (Å²) in [6.07, 6.45) is 0.904. The summed E-state index contributed by atoms with van der Waals surface area (Å²) in [4.78, 5) is 11.9. The molecule has 1 unspecified atom stereocenters. The van der Waals surface area contributed by atoms with Gasteiger partial charge in [0.2, 0.25) is 5.91 Å². The number of amides is 1. The van der Waals surface area contributed by atoms with Crippen molar-refractivity contribution in [2.24, 2.45) is 11.7 Å². The van der Waals surface area contributed by atoms with Crippen LogP contribution in [0.4, 0.5) is 5.69 Å². The Labute approximate surface area is 103 Å². The van der Waals surface area contributed by atoms with Crippen molar-refractivity contribution < 1.29 is 4.79 Å². The largest absolute Gasteiger partial charge is 0.324 e. The average Bonchev–Trinajstić information content (AvgIpc) is 2.32. The fourth-order valence-electron chi connectivity index (χ4n) is 1.61. The molecule has 1 rings (SSSR count). The van der Waals surface area contributed by atoms with Crippen molar-refractivity contribution in [3.8, 4) is 0 Å². The summed E-state index contributed by atoms with van der Waals surface area (Å²) in [6, 6.07) is 5.43. The number of anilines is 1. The minimum absolute atomic E-state index is 0.104. The molecule has 3 N–H and O–H groups in total. The highest BCUT2D eigenvalue weighted by Gasteiger charge is 2.19. The minimum atomic E-state index is -0.445. The van der Waals surface area contributed by atoms with Gasteiger partial charge in [-0.15, -0.1) is 0 Å². The van der Waals surface area contributed by atoms with E-state index in [0.29, 0.717) is 0 Å². The van der Waals surface area contributed by atoms with E-state index >= 15 is 0 Å². The first-order valence-electron chi connectivity index (χ1n) is 6.10. The van der Waals surface area contributed by atoms with Crippen molar-refractivity contribution >= 4 is 11.6 Å². The normalized spacial score (nSPS) is 14.2. The Kier molecular flexibility index (Phi) is 4.70. The van der Waals surface area contributed by atoms with Crippen LogP contribution in [0, 0.1) is 19.8 Å². The first kappa shape index (κ1) is 13.7. The van der Waals surface area contributed by atoms with E-state index in [1.165, 1.54) is 5.56 Å². The molecule has 0 bridgehead atoms. The van der Waals surface area contributed by atoms with Gasteiger partial charge in [-0.1, -0.05) is 32.4 Å². The molecule has 0 saturated heterocycles. The Hall–Kier alpha value is -1.35. The molecule has 0 saturated carbocycles. The second-order valence-corrected chi connectivity index (χ2v) is 4.65. The molecule has 0 aliphatic heterocycles. The summed E-state index contributed by atoms with van der Waals surface area (Å²) < 4.78 is 0. The lowest BCUT2D eigenvalue weighted by Gasteiger charge is -2.19. The van der Waals surface area contributed by atoms with Crippen molar-refractivity contribution in [3.05, 3.63) is 29.3 Å². The van der Waals surface area contributed by atoms with Gasteiger partial charge in [0.05, 0.1) is 6.04 Å². The molecule has 2 atom stereocenters. The molecular weight excluding hydrogens is 212 g/mol. The molecule has 1 amide bonds. The summed E-state index contributed by atoms with van der Waals surface area (Å²) in [6.45, 7) is 8.06. The standard InChI is InChI=1S/C14H22N2O/c1-5-9(2)13(15)14(17)16-12-8-6-7-10(3)11(12)4/h6-9,13H,5,15H2,1-4H3,(H,16,17)/t9?,13-/m0/s1. The Balaban J connectivity index is 2.78. The highest BCUT2D eigenvalue weighted by atomic mass is 16.2. The van der Waals surface area contributed by atoms with E-state index < -0.39 is 6.04 Å². The second kappa shape index (κ2) is 5.82. The zero-order chi connectivity index (χ0) is 13.0. The molecule has 1 aromatic rings. The average molecular weight is 234 g/mol. The van der Waals surface area contributed by atoms with Crippen LogP contribution in [-0.4, -0.2) is 11.9 Å². The van der Waals surface area contributed by atoms with Crippen LogP contribution in [0.5, 0.6) is 0 Å². The number of benzene rings is 1. The van der Waals surface area contributed by atoms with Crippen molar-refractivity contribution in [1.29, 1.82) is 0 Å². The number of nitrogens with two attached hydrogens (primary N) is 1. The van der Waals surface area contributed by atoms with Crippen LogP contribution >= 0.6 is 0 Å². The highest BCUT2D eigenvalue weighted by molar-refractivity contribution is 5.95. The molecule has 0 aliphatic rings. The summed E-state index contributed by atoms with van der Waals surface area (Å²) in [5, 5.41) is 2.90. The van der Waals surface area contributed by atoms with Gasteiger partial charge in [0.1, 0.15) is 0 Å². The van der Waals surface area contributed by atoms with E-state index in [-0.39, 0.29) is 11.8 Å². The third kappa shape index (κ3) is 3.30. The van der Waals surface area contributed by atoms with Gasteiger partial charge >= 0.3 is 0 Å². The fourth-order valence-corrected chi connectivity index (χ4v) is 1.61. The molecule has 0 spiro atoms. The van der Waals surface area contributed by atoms with Gasteiger partial charge in [-0.25, -0.2) is 0 Å². The van der Waals surface area contributed by atoms with Crippen molar-refractivity contribution in [1.82, 2.24) is 0 Å². The minimum Gasteiger partial charge on any atom is -0.324 e. The van der Waals surface area contributed by atoms with E-state index in [2.05, 4.69) is 5.32 Å². The number of carbonyl (C=O) groups excluding carboxylic acids is 1. The Morgan fingerprint density at radius 2 is 2.06 bits per heavy atom. The number of nitrogens with one attached hydrogen (secondary N) is 1. The molecule has 0 radical (unpaired) electrons. The maximum atomic E-state index is 11.9. The molecule has 0 fully saturated rings. The van der Waals surface area contributed by atoms with E-state index in [4.69, 9.17) is 5.73 Å². The van der Waals surface area contributed by atoms with Crippen LogP contribution in [0.25, 0.3) is 0 Å². The van der Waals surface area contributed by atoms with Crippen LogP contribution in [0.15, 0.2) is 18.2 Å². The molecule has 0 aliphatic carbocycles. The molecule has 3 nitrogen and oxygen atoms in total. The van der Waals surface area contributed by atoms with Gasteiger partial charge in [-0.05, 0) is 37.0 Å². The zero-order valence-electron chi connectivity index (χ0n) is 11.1.